The minimum Gasteiger partial charge on any atom is -0.396 e. The number of rotatable bonds is 6. The lowest BCUT2D eigenvalue weighted by molar-refractivity contribution is 0.232. The molecular weight excluding hydrogens is 468 g/mol. The molecule has 0 radical (unpaired) electrons. The lowest BCUT2D eigenvalue weighted by atomic mass is 9.90. The number of benzene rings is 1. The zero-order chi connectivity index (χ0) is 25.4. The number of aliphatic hydroxyl groups excluding tert-OH is 1. The number of aromatic amines is 1. The maximum absolute atomic E-state index is 12.7. The quantitative estimate of drug-likeness (QED) is 0.466. The Hall–Kier alpha value is -3.71. The highest BCUT2D eigenvalue weighted by molar-refractivity contribution is 5.90. The Morgan fingerprint density at radius 3 is 2.54 bits per heavy atom. The lowest BCUT2D eigenvalue weighted by Crippen LogP contribution is -2.35. The van der Waals surface area contributed by atoms with E-state index < -0.39 is 0 Å². The van der Waals surface area contributed by atoms with E-state index in [1.54, 1.807) is 6.20 Å². The van der Waals surface area contributed by atoms with E-state index in [9.17, 15) is 9.90 Å². The number of nitrogens with zero attached hydrogens (tertiary/aromatic N) is 6. The number of hydrogen-bond donors (Lipinski definition) is 3. The summed E-state index contributed by atoms with van der Waals surface area (Å²) < 4.78 is 0. The summed E-state index contributed by atoms with van der Waals surface area (Å²) in [6.45, 7) is 3.89. The van der Waals surface area contributed by atoms with Gasteiger partial charge in [-0.1, -0.05) is 0 Å². The summed E-state index contributed by atoms with van der Waals surface area (Å²) in [4.78, 5) is 26.6. The van der Waals surface area contributed by atoms with Gasteiger partial charge in [0, 0.05) is 50.6 Å². The fourth-order valence-corrected chi connectivity index (χ4v) is 6.09. The molecule has 2 aliphatic heterocycles. The van der Waals surface area contributed by atoms with Gasteiger partial charge in [-0.2, -0.15) is 15.3 Å². The molecule has 6 rings (SSSR count). The maximum atomic E-state index is 12.7. The van der Waals surface area contributed by atoms with Gasteiger partial charge in [-0.3, -0.25) is 4.79 Å². The second-order valence-electron chi connectivity index (χ2n) is 10.7. The van der Waals surface area contributed by atoms with Crippen molar-refractivity contribution in [1.29, 1.82) is 5.26 Å². The summed E-state index contributed by atoms with van der Waals surface area (Å²) in [6.07, 6.45) is 7.42. The van der Waals surface area contributed by atoms with Gasteiger partial charge >= 0.3 is 0 Å². The van der Waals surface area contributed by atoms with Gasteiger partial charge in [-0.25, -0.2) is 10.1 Å². The van der Waals surface area contributed by atoms with E-state index in [1.165, 1.54) is 12.1 Å². The molecule has 2 aromatic heterocycles. The molecule has 192 valence electrons. The third kappa shape index (κ3) is 4.60. The molecule has 3 fully saturated rings. The summed E-state index contributed by atoms with van der Waals surface area (Å²) in [5, 5.41) is 28.7. The van der Waals surface area contributed by atoms with Gasteiger partial charge in [-0.15, -0.1) is 0 Å². The zero-order valence-electron chi connectivity index (χ0n) is 20.9. The number of nitrogens with one attached hydrogen (secondary N) is 2. The van der Waals surface area contributed by atoms with Crippen molar-refractivity contribution in [3.05, 3.63) is 40.8 Å². The molecule has 10 nitrogen and oxygen atoms in total. The molecule has 1 atom stereocenters. The summed E-state index contributed by atoms with van der Waals surface area (Å²) in [7, 11) is 0. The number of piperidine rings is 2. The topological polar surface area (TPSA) is 134 Å². The van der Waals surface area contributed by atoms with Gasteiger partial charge < -0.3 is 20.2 Å². The van der Waals surface area contributed by atoms with Crippen molar-refractivity contribution in [2.24, 2.45) is 17.3 Å². The second-order valence-corrected chi connectivity index (χ2v) is 10.7. The third-order valence-electron chi connectivity index (χ3n) is 8.62. The number of H-pyrrole nitrogens is 1. The third-order valence-corrected chi connectivity index (χ3v) is 8.62. The first-order valence-corrected chi connectivity index (χ1v) is 13.2. The molecule has 0 bridgehead atoms. The lowest BCUT2D eigenvalue weighted by Gasteiger charge is -2.34. The molecule has 4 heterocycles. The number of hydrogen-bond acceptors (Lipinski definition) is 9. The Morgan fingerprint density at radius 1 is 1.11 bits per heavy atom. The smallest absolute Gasteiger partial charge is 0.277 e. The van der Waals surface area contributed by atoms with Gasteiger partial charge in [0.15, 0.2) is 0 Å². The van der Waals surface area contributed by atoms with Gasteiger partial charge in [0.1, 0.15) is 16.7 Å². The van der Waals surface area contributed by atoms with Crippen molar-refractivity contribution >= 4 is 34.0 Å². The Kier molecular flexibility index (Phi) is 6.16. The SMILES string of the molecule is N#CCC1CCN(c2nc(Nc3ccc(N4CCC5(CC4)CC5CO)cc3)c3c(=O)[nH]ncc3n2)CC1. The van der Waals surface area contributed by atoms with Crippen LogP contribution in [0.4, 0.5) is 23.1 Å². The molecule has 1 unspecified atom stereocenters. The van der Waals surface area contributed by atoms with Crippen LogP contribution in [0.2, 0.25) is 0 Å². The van der Waals surface area contributed by atoms with E-state index >= 15 is 0 Å². The first-order chi connectivity index (χ1) is 18.1. The summed E-state index contributed by atoms with van der Waals surface area (Å²) in [5.41, 5.74) is 2.56. The Balaban J connectivity index is 1.20. The first-order valence-electron chi connectivity index (χ1n) is 13.2. The standard InChI is InChI=1S/C27H32N8O2/c28-10-5-18-6-11-35(12-7-18)26-31-22-16-29-33-25(37)23(22)24(32-26)30-20-1-3-21(4-2-20)34-13-8-27(9-14-34)15-19(27)17-36/h1-4,16,18-19,36H,5-9,11-15,17H2,(H,33,37)(H,30,31,32). The van der Waals surface area contributed by atoms with Crippen LogP contribution in [0.3, 0.4) is 0 Å². The van der Waals surface area contributed by atoms with Crippen LogP contribution in [0.5, 0.6) is 0 Å². The normalized spacial score (nSPS) is 21.2. The largest absolute Gasteiger partial charge is 0.396 e. The molecule has 1 spiro atoms. The van der Waals surface area contributed by atoms with Crippen LogP contribution in [0.15, 0.2) is 35.3 Å². The predicted octanol–water partition coefficient (Wildman–Crippen LogP) is 3.19. The molecular formula is C27H32N8O2. The average Bonchev–Trinajstić information content (AvgIpc) is 3.62. The number of anilines is 4. The van der Waals surface area contributed by atoms with E-state index in [0.717, 1.165) is 57.5 Å². The van der Waals surface area contributed by atoms with Crippen molar-refractivity contribution in [3.63, 3.8) is 0 Å². The average molecular weight is 501 g/mol. The van der Waals surface area contributed by atoms with E-state index in [4.69, 9.17) is 10.2 Å². The molecule has 3 aromatic rings. The van der Waals surface area contributed by atoms with Crippen LogP contribution in [0, 0.1) is 28.6 Å². The van der Waals surface area contributed by atoms with Crippen LogP contribution in [0.25, 0.3) is 10.9 Å². The van der Waals surface area contributed by atoms with E-state index in [0.29, 0.717) is 52.9 Å². The van der Waals surface area contributed by atoms with E-state index in [1.807, 2.05) is 12.1 Å². The van der Waals surface area contributed by atoms with E-state index in [-0.39, 0.29) is 5.56 Å². The monoisotopic (exact) mass is 500 g/mol. The minimum absolute atomic E-state index is 0.318. The number of aromatic nitrogens is 4. The number of aliphatic hydroxyl groups is 1. The van der Waals surface area contributed by atoms with Crippen molar-refractivity contribution in [1.82, 2.24) is 20.2 Å². The molecule has 1 saturated carbocycles. The highest BCUT2D eigenvalue weighted by Crippen LogP contribution is 2.59. The first kappa shape index (κ1) is 23.7. The molecule has 1 aromatic carbocycles. The predicted molar refractivity (Wildman–Crippen MR) is 142 cm³/mol. The molecule has 3 aliphatic rings. The van der Waals surface area contributed by atoms with Crippen molar-refractivity contribution in [2.75, 3.05) is 47.9 Å². The van der Waals surface area contributed by atoms with Crippen molar-refractivity contribution in [3.8, 4) is 6.07 Å². The Bertz CT molecular complexity index is 1370. The molecule has 3 N–H and O–H groups in total. The van der Waals surface area contributed by atoms with Gasteiger partial charge in [0.2, 0.25) is 5.95 Å². The van der Waals surface area contributed by atoms with Gasteiger partial charge in [-0.05, 0) is 73.6 Å². The summed E-state index contributed by atoms with van der Waals surface area (Å²) >= 11 is 0. The molecule has 1 aliphatic carbocycles. The van der Waals surface area contributed by atoms with Crippen LogP contribution in [0.1, 0.15) is 38.5 Å². The summed E-state index contributed by atoms with van der Waals surface area (Å²) in [6, 6.07) is 10.5. The van der Waals surface area contributed by atoms with Crippen LogP contribution >= 0.6 is 0 Å². The number of fused-ring (bicyclic) bond motifs is 1. The molecule has 10 heteroatoms. The maximum Gasteiger partial charge on any atom is 0.277 e. The Morgan fingerprint density at radius 2 is 1.86 bits per heavy atom. The van der Waals surface area contributed by atoms with Crippen LogP contribution in [-0.2, 0) is 0 Å². The fourth-order valence-electron chi connectivity index (χ4n) is 6.09. The number of nitriles is 1. The fraction of sp³-hybridized carbons (Fsp3) is 0.519. The van der Waals surface area contributed by atoms with E-state index in [2.05, 4.69) is 48.5 Å². The minimum atomic E-state index is -0.334. The second kappa shape index (κ2) is 9.63. The highest BCUT2D eigenvalue weighted by Gasteiger charge is 2.54. The van der Waals surface area contributed by atoms with Crippen LogP contribution < -0.4 is 20.7 Å². The molecule has 2 saturated heterocycles. The van der Waals surface area contributed by atoms with Gasteiger partial charge in [0.05, 0.1) is 12.3 Å². The zero-order valence-corrected chi connectivity index (χ0v) is 20.9. The summed E-state index contributed by atoms with van der Waals surface area (Å²) in [5.74, 6) is 1.93. The van der Waals surface area contributed by atoms with Gasteiger partial charge in [0.25, 0.3) is 5.56 Å². The van der Waals surface area contributed by atoms with Crippen molar-refractivity contribution in [2.45, 2.75) is 38.5 Å². The van der Waals surface area contributed by atoms with Crippen LogP contribution in [-0.4, -0.2) is 58.1 Å². The molecule has 0 amide bonds. The van der Waals surface area contributed by atoms with Crippen molar-refractivity contribution < 1.29 is 5.11 Å². The highest BCUT2D eigenvalue weighted by atomic mass is 16.3. The Labute approximate surface area is 215 Å². The molecule has 37 heavy (non-hydrogen) atoms.